The van der Waals surface area contributed by atoms with Crippen LogP contribution in [-0.4, -0.2) is 71.9 Å². The highest BCUT2D eigenvalue weighted by Crippen LogP contribution is 2.40. The molecular weight excluding hydrogens is 365 g/mol. The molecule has 3 aliphatic rings. The number of rotatable bonds is 5. The number of ether oxygens (including phenoxy) is 2. The molecule has 3 fully saturated rings. The van der Waals surface area contributed by atoms with E-state index < -0.39 is 12.3 Å². The Labute approximate surface area is 164 Å². The number of methoxy groups -OCH3 is 1. The van der Waals surface area contributed by atoms with Crippen molar-refractivity contribution in [3.8, 4) is 0 Å². The van der Waals surface area contributed by atoms with Crippen LogP contribution in [0.1, 0.15) is 38.4 Å². The van der Waals surface area contributed by atoms with Crippen molar-refractivity contribution < 1.29 is 19.0 Å². The van der Waals surface area contributed by atoms with Crippen LogP contribution in [0.2, 0.25) is 0 Å². The highest BCUT2D eigenvalue weighted by atomic mass is 19.1. The van der Waals surface area contributed by atoms with Gasteiger partial charge in [0.15, 0.2) is 0 Å². The third-order valence-electron chi connectivity index (χ3n) is 6.06. The normalized spacial score (nSPS) is 38.2. The number of nitrogens with one attached hydrogen (secondary N) is 2. The quantitative estimate of drug-likeness (QED) is 0.672. The molecule has 2 saturated heterocycles. The molecule has 1 aliphatic carbocycles. The number of aliphatic hydroxyl groups excluding tert-OH is 1. The number of hydrazine groups is 1. The Kier molecular flexibility index (Phi) is 5.80. The highest BCUT2D eigenvalue weighted by Gasteiger charge is 2.46. The summed E-state index contributed by atoms with van der Waals surface area (Å²) in [4.78, 5) is 10.9. The van der Waals surface area contributed by atoms with Crippen LogP contribution in [0.15, 0.2) is 12.4 Å². The van der Waals surface area contributed by atoms with Gasteiger partial charge >= 0.3 is 0 Å². The number of hydrogen-bond donors (Lipinski definition) is 3. The summed E-state index contributed by atoms with van der Waals surface area (Å²) in [7, 11) is 1.61. The lowest BCUT2D eigenvalue weighted by Crippen LogP contribution is -2.44. The molecule has 2 aliphatic heterocycles. The number of alkyl halides is 1. The zero-order chi connectivity index (χ0) is 19.8. The molecule has 0 amide bonds. The summed E-state index contributed by atoms with van der Waals surface area (Å²) in [5.41, 5.74) is 7.41. The maximum atomic E-state index is 14.5. The monoisotopic (exact) mass is 395 g/mol. The van der Waals surface area contributed by atoms with E-state index in [1.807, 2.05) is 24.8 Å². The van der Waals surface area contributed by atoms with Gasteiger partial charge in [-0.1, -0.05) is 0 Å². The van der Waals surface area contributed by atoms with Gasteiger partial charge in [0.1, 0.15) is 24.4 Å². The molecule has 4 rings (SSSR count). The van der Waals surface area contributed by atoms with Gasteiger partial charge in [0.2, 0.25) is 0 Å². The Morgan fingerprint density at radius 1 is 1.21 bits per heavy atom. The van der Waals surface area contributed by atoms with Crippen LogP contribution in [-0.2, 0) is 9.47 Å². The van der Waals surface area contributed by atoms with Gasteiger partial charge in [0.25, 0.3) is 0 Å². The summed E-state index contributed by atoms with van der Waals surface area (Å²) in [5, 5.41) is 10.1. The fourth-order valence-corrected chi connectivity index (χ4v) is 4.65. The average Bonchev–Trinajstić information content (AvgIpc) is 3.24. The van der Waals surface area contributed by atoms with Gasteiger partial charge < -0.3 is 19.5 Å². The molecule has 5 unspecified atom stereocenters. The molecule has 1 aromatic heterocycles. The lowest BCUT2D eigenvalue weighted by molar-refractivity contribution is -0.0708. The Bertz CT molecular complexity index is 681. The number of anilines is 1. The summed E-state index contributed by atoms with van der Waals surface area (Å²) >= 11 is 0. The van der Waals surface area contributed by atoms with Crippen LogP contribution in [0.4, 0.5) is 10.2 Å². The van der Waals surface area contributed by atoms with Crippen molar-refractivity contribution in [2.24, 2.45) is 5.92 Å². The van der Waals surface area contributed by atoms with Crippen molar-refractivity contribution in [2.45, 2.75) is 69.4 Å². The summed E-state index contributed by atoms with van der Waals surface area (Å²) in [6.07, 6.45) is 0.518. The standard InChI is InChI=1S/C19H30FN5O3/c1-10(2)28-16-4-11-13(5-12(16)20)23-24-19(11)14-6-18(22-9-21-14)25-7-15(26)17(8-25)27-3/h6,9-13,15-17,19,23-24,26H,4-5,7-8H2,1-3H3/t11?,12?,13?,15-,16?,17-,19?/m0/s1. The van der Waals surface area contributed by atoms with E-state index in [0.717, 1.165) is 11.5 Å². The first-order valence-corrected chi connectivity index (χ1v) is 10.0. The molecule has 3 heterocycles. The maximum Gasteiger partial charge on any atom is 0.132 e. The largest absolute Gasteiger partial charge is 0.388 e. The van der Waals surface area contributed by atoms with Crippen LogP contribution in [0, 0.1) is 5.92 Å². The van der Waals surface area contributed by atoms with Crippen LogP contribution in [0.25, 0.3) is 0 Å². The third-order valence-corrected chi connectivity index (χ3v) is 6.06. The molecular formula is C19H30FN5O3. The van der Waals surface area contributed by atoms with Crippen LogP contribution in [0.5, 0.6) is 0 Å². The fourth-order valence-electron chi connectivity index (χ4n) is 4.65. The zero-order valence-corrected chi connectivity index (χ0v) is 16.6. The molecule has 9 heteroatoms. The minimum Gasteiger partial charge on any atom is -0.388 e. The first-order chi connectivity index (χ1) is 13.5. The van der Waals surface area contributed by atoms with Crippen molar-refractivity contribution in [1.82, 2.24) is 20.8 Å². The van der Waals surface area contributed by atoms with E-state index in [-0.39, 0.29) is 36.3 Å². The highest BCUT2D eigenvalue weighted by molar-refractivity contribution is 5.42. The third kappa shape index (κ3) is 3.86. The van der Waals surface area contributed by atoms with Crippen molar-refractivity contribution >= 4 is 5.82 Å². The number of β-amino-alcohol motifs (C(OH)–C–C–N with tert-alkyl or cyclic N) is 1. The molecule has 28 heavy (non-hydrogen) atoms. The molecule has 0 aromatic carbocycles. The molecule has 0 spiro atoms. The summed E-state index contributed by atoms with van der Waals surface area (Å²) in [5.74, 6) is 0.956. The molecule has 156 valence electrons. The van der Waals surface area contributed by atoms with Gasteiger partial charge in [0, 0.05) is 38.2 Å². The Morgan fingerprint density at radius 3 is 2.75 bits per heavy atom. The van der Waals surface area contributed by atoms with Crippen LogP contribution < -0.4 is 15.8 Å². The van der Waals surface area contributed by atoms with Crippen molar-refractivity contribution in [2.75, 3.05) is 25.1 Å². The Morgan fingerprint density at radius 2 is 2.04 bits per heavy atom. The van der Waals surface area contributed by atoms with Crippen LogP contribution >= 0.6 is 0 Å². The maximum absolute atomic E-state index is 14.5. The van der Waals surface area contributed by atoms with E-state index in [1.54, 1.807) is 13.4 Å². The van der Waals surface area contributed by atoms with Crippen molar-refractivity contribution in [3.63, 3.8) is 0 Å². The second kappa shape index (κ2) is 8.16. The van der Waals surface area contributed by atoms with E-state index in [1.165, 1.54) is 0 Å². The fraction of sp³-hybridized carbons (Fsp3) is 0.789. The second-order valence-electron chi connectivity index (χ2n) is 8.29. The van der Waals surface area contributed by atoms with Gasteiger partial charge in [0.05, 0.1) is 30.0 Å². The molecule has 1 saturated carbocycles. The summed E-state index contributed by atoms with van der Waals surface area (Å²) < 4.78 is 25.6. The molecule has 0 radical (unpaired) electrons. The van der Waals surface area contributed by atoms with E-state index in [9.17, 15) is 9.50 Å². The van der Waals surface area contributed by atoms with E-state index >= 15 is 0 Å². The number of halogens is 1. The number of nitrogens with zero attached hydrogens (tertiary/aromatic N) is 3. The minimum atomic E-state index is -0.963. The number of aliphatic hydroxyl groups is 1. The molecule has 8 nitrogen and oxygen atoms in total. The van der Waals surface area contributed by atoms with E-state index in [2.05, 4.69) is 20.8 Å². The first-order valence-electron chi connectivity index (χ1n) is 10.0. The van der Waals surface area contributed by atoms with E-state index in [0.29, 0.717) is 25.9 Å². The molecule has 7 atom stereocenters. The number of fused-ring (bicyclic) bond motifs is 1. The zero-order valence-electron chi connectivity index (χ0n) is 16.6. The lowest BCUT2D eigenvalue weighted by Gasteiger charge is -2.36. The van der Waals surface area contributed by atoms with Crippen molar-refractivity contribution in [3.05, 3.63) is 18.1 Å². The Balaban J connectivity index is 1.50. The molecule has 3 N–H and O–H groups in total. The molecule has 1 aromatic rings. The lowest BCUT2D eigenvalue weighted by atomic mass is 9.78. The van der Waals surface area contributed by atoms with Crippen molar-refractivity contribution in [1.29, 1.82) is 0 Å². The molecule has 0 bridgehead atoms. The topological polar surface area (TPSA) is 91.8 Å². The summed E-state index contributed by atoms with van der Waals surface area (Å²) in [6.45, 7) is 4.95. The first kappa shape index (κ1) is 19.9. The predicted octanol–water partition coefficient (Wildman–Crippen LogP) is 0.732. The minimum absolute atomic E-state index is 0.00143. The Hall–Kier alpha value is -1.39. The van der Waals surface area contributed by atoms with Gasteiger partial charge in [-0.3, -0.25) is 5.43 Å². The van der Waals surface area contributed by atoms with Crippen LogP contribution in [0.3, 0.4) is 0 Å². The number of aromatic nitrogens is 2. The smallest absolute Gasteiger partial charge is 0.132 e. The second-order valence-corrected chi connectivity index (χ2v) is 8.29. The van der Waals surface area contributed by atoms with Gasteiger partial charge in [-0.25, -0.2) is 19.8 Å². The average molecular weight is 395 g/mol. The predicted molar refractivity (Wildman–Crippen MR) is 101 cm³/mol. The van der Waals surface area contributed by atoms with Gasteiger partial charge in [-0.15, -0.1) is 0 Å². The van der Waals surface area contributed by atoms with Gasteiger partial charge in [-0.05, 0) is 26.7 Å². The van der Waals surface area contributed by atoms with E-state index in [4.69, 9.17) is 9.47 Å². The number of hydrogen-bond acceptors (Lipinski definition) is 8. The SMILES string of the molecule is CO[C@H]1CN(c2cc(C3NNC4CC(F)C(OC(C)C)CC43)ncn2)C[C@@H]1O. The van der Waals surface area contributed by atoms with Gasteiger partial charge in [-0.2, -0.15) is 0 Å². The summed E-state index contributed by atoms with van der Waals surface area (Å²) in [6, 6.07) is 1.96.